The Hall–Kier alpha value is -2.29. The van der Waals surface area contributed by atoms with Gasteiger partial charge >= 0.3 is 0 Å². The number of nitrogens with zero attached hydrogens (tertiary/aromatic N) is 1. The van der Waals surface area contributed by atoms with E-state index in [0.717, 1.165) is 17.6 Å². The molecule has 3 nitrogen and oxygen atoms in total. The second-order valence-corrected chi connectivity index (χ2v) is 4.83. The molecule has 0 saturated carbocycles. The van der Waals surface area contributed by atoms with Crippen molar-refractivity contribution in [2.75, 3.05) is 19.1 Å². The van der Waals surface area contributed by atoms with E-state index in [1.54, 1.807) is 13.2 Å². The standard InChI is InChI=1S/C17H19NO2/c1-13-6-4-5-7-16(13)18(2)11-15-10-14(12-19)8-9-17(15)20-3/h4-10,12H,11H2,1-3H3. The second kappa shape index (κ2) is 6.24. The van der Waals surface area contributed by atoms with Crippen LogP contribution in [-0.2, 0) is 6.54 Å². The Morgan fingerprint density at radius 3 is 2.60 bits per heavy atom. The molecule has 0 unspecified atom stereocenters. The fraction of sp³-hybridized carbons (Fsp3) is 0.235. The van der Waals surface area contributed by atoms with Crippen molar-refractivity contribution in [1.29, 1.82) is 0 Å². The summed E-state index contributed by atoms with van der Waals surface area (Å²) in [5, 5.41) is 0. The highest BCUT2D eigenvalue weighted by Crippen LogP contribution is 2.25. The number of ether oxygens (including phenoxy) is 1. The van der Waals surface area contributed by atoms with Gasteiger partial charge in [-0.15, -0.1) is 0 Å². The maximum atomic E-state index is 10.9. The van der Waals surface area contributed by atoms with Crippen molar-refractivity contribution in [2.45, 2.75) is 13.5 Å². The van der Waals surface area contributed by atoms with E-state index in [2.05, 4.69) is 24.0 Å². The summed E-state index contributed by atoms with van der Waals surface area (Å²) in [5.74, 6) is 0.802. The lowest BCUT2D eigenvalue weighted by atomic mass is 10.1. The van der Waals surface area contributed by atoms with E-state index in [1.807, 2.05) is 31.3 Å². The fourth-order valence-corrected chi connectivity index (χ4v) is 2.33. The monoisotopic (exact) mass is 269 g/mol. The zero-order chi connectivity index (χ0) is 14.5. The number of carbonyl (C=O) groups excluding carboxylic acids is 1. The molecule has 2 aromatic carbocycles. The molecule has 0 aliphatic rings. The first kappa shape index (κ1) is 14.1. The van der Waals surface area contributed by atoms with Crippen molar-refractivity contribution >= 4 is 12.0 Å². The number of hydrogen-bond donors (Lipinski definition) is 0. The van der Waals surface area contributed by atoms with Gasteiger partial charge in [-0.2, -0.15) is 0 Å². The molecule has 104 valence electrons. The number of carbonyl (C=O) groups is 1. The van der Waals surface area contributed by atoms with Gasteiger partial charge in [-0.25, -0.2) is 0 Å². The topological polar surface area (TPSA) is 29.5 Å². The van der Waals surface area contributed by atoms with Gasteiger partial charge in [0.15, 0.2) is 0 Å². The van der Waals surface area contributed by atoms with Crippen LogP contribution >= 0.6 is 0 Å². The third kappa shape index (κ3) is 2.99. The van der Waals surface area contributed by atoms with Crippen molar-refractivity contribution in [3.63, 3.8) is 0 Å². The zero-order valence-electron chi connectivity index (χ0n) is 12.1. The molecular formula is C17H19NO2. The molecule has 0 fully saturated rings. The number of hydrogen-bond acceptors (Lipinski definition) is 3. The third-order valence-electron chi connectivity index (χ3n) is 3.37. The van der Waals surface area contributed by atoms with Crippen LogP contribution in [0.5, 0.6) is 5.75 Å². The van der Waals surface area contributed by atoms with Crippen LogP contribution in [0.2, 0.25) is 0 Å². The molecule has 0 spiro atoms. The largest absolute Gasteiger partial charge is 0.496 e. The molecule has 20 heavy (non-hydrogen) atoms. The van der Waals surface area contributed by atoms with E-state index < -0.39 is 0 Å². The Kier molecular flexibility index (Phi) is 4.41. The number of methoxy groups -OCH3 is 1. The lowest BCUT2D eigenvalue weighted by Gasteiger charge is -2.22. The van der Waals surface area contributed by atoms with Gasteiger partial charge in [-0.1, -0.05) is 18.2 Å². The van der Waals surface area contributed by atoms with E-state index in [-0.39, 0.29) is 0 Å². The van der Waals surface area contributed by atoms with Gasteiger partial charge in [0.25, 0.3) is 0 Å². The molecule has 2 aromatic rings. The van der Waals surface area contributed by atoms with E-state index in [9.17, 15) is 4.79 Å². The summed E-state index contributed by atoms with van der Waals surface area (Å²) in [5.41, 5.74) is 4.06. The Bertz CT molecular complexity index is 608. The van der Waals surface area contributed by atoms with Gasteiger partial charge in [0.05, 0.1) is 7.11 Å². The summed E-state index contributed by atoms with van der Waals surface area (Å²) in [7, 11) is 3.68. The molecule has 0 bridgehead atoms. The van der Waals surface area contributed by atoms with Crippen LogP contribution in [0.3, 0.4) is 0 Å². The molecule has 0 aromatic heterocycles. The predicted octanol–water partition coefficient (Wildman–Crippen LogP) is 3.45. The number of anilines is 1. The highest BCUT2D eigenvalue weighted by molar-refractivity contribution is 5.75. The SMILES string of the molecule is COc1ccc(C=O)cc1CN(C)c1ccccc1C. The maximum Gasteiger partial charge on any atom is 0.150 e. The molecule has 0 aliphatic carbocycles. The molecule has 0 atom stereocenters. The molecule has 0 amide bonds. The molecule has 0 heterocycles. The fourth-order valence-electron chi connectivity index (χ4n) is 2.33. The van der Waals surface area contributed by atoms with Crippen molar-refractivity contribution in [2.24, 2.45) is 0 Å². The smallest absolute Gasteiger partial charge is 0.150 e. The van der Waals surface area contributed by atoms with Crippen LogP contribution in [0.15, 0.2) is 42.5 Å². The minimum Gasteiger partial charge on any atom is -0.496 e. The number of benzene rings is 2. The lowest BCUT2D eigenvalue weighted by molar-refractivity contribution is 0.112. The second-order valence-electron chi connectivity index (χ2n) is 4.83. The number of aryl methyl sites for hydroxylation is 1. The van der Waals surface area contributed by atoms with Crippen LogP contribution in [0.25, 0.3) is 0 Å². The van der Waals surface area contributed by atoms with Gasteiger partial charge < -0.3 is 9.64 Å². The summed E-state index contributed by atoms with van der Waals surface area (Å²) >= 11 is 0. The van der Waals surface area contributed by atoms with Crippen LogP contribution in [0, 0.1) is 6.92 Å². The Balaban J connectivity index is 2.29. The van der Waals surface area contributed by atoms with E-state index in [1.165, 1.54) is 11.3 Å². The summed E-state index contributed by atoms with van der Waals surface area (Å²) in [4.78, 5) is 13.1. The van der Waals surface area contributed by atoms with E-state index in [4.69, 9.17) is 4.74 Å². The molecule has 0 radical (unpaired) electrons. The molecular weight excluding hydrogens is 250 g/mol. The van der Waals surface area contributed by atoms with Crippen molar-refractivity contribution in [3.8, 4) is 5.75 Å². The number of rotatable bonds is 5. The first-order chi connectivity index (χ1) is 9.65. The molecule has 0 saturated heterocycles. The van der Waals surface area contributed by atoms with Gasteiger partial charge in [0.1, 0.15) is 12.0 Å². The molecule has 2 rings (SSSR count). The highest BCUT2D eigenvalue weighted by Gasteiger charge is 2.09. The number of para-hydroxylation sites is 1. The average molecular weight is 269 g/mol. The molecule has 0 N–H and O–H groups in total. The lowest BCUT2D eigenvalue weighted by Crippen LogP contribution is -2.18. The Labute approximate surface area is 119 Å². The van der Waals surface area contributed by atoms with Gasteiger partial charge in [0, 0.05) is 30.4 Å². The summed E-state index contributed by atoms with van der Waals surface area (Å²) in [6.45, 7) is 2.78. The summed E-state index contributed by atoms with van der Waals surface area (Å²) in [6.07, 6.45) is 0.858. The van der Waals surface area contributed by atoms with Crippen LogP contribution in [-0.4, -0.2) is 20.4 Å². The van der Waals surface area contributed by atoms with Crippen molar-refractivity contribution < 1.29 is 9.53 Å². The van der Waals surface area contributed by atoms with Crippen molar-refractivity contribution in [1.82, 2.24) is 0 Å². The molecule has 3 heteroatoms. The third-order valence-corrected chi connectivity index (χ3v) is 3.37. The van der Waals surface area contributed by atoms with Gasteiger partial charge in [-0.05, 0) is 36.8 Å². The van der Waals surface area contributed by atoms with Crippen LogP contribution < -0.4 is 9.64 Å². The summed E-state index contributed by atoms with van der Waals surface area (Å²) in [6, 6.07) is 13.7. The highest BCUT2D eigenvalue weighted by atomic mass is 16.5. The van der Waals surface area contributed by atoms with Crippen molar-refractivity contribution in [3.05, 3.63) is 59.2 Å². The average Bonchev–Trinajstić information content (AvgIpc) is 2.47. The Morgan fingerprint density at radius 1 is 1.20 bits per heavy atom. The predicted molar refractivity (Wildman–Crippen MR) is 81.7 cm³/mol. The van der Waals surface area contributed by atoms with Gasteiger partial charge in [0.2, 0.25) is 0 Å². The van der Waals surface area contributed by atoms with Gasteiger partial charge in [-0.3, -0.25) is 4.79 Å². The minimum atomic E-state index is 0.666. The Morgan fingerprint density at radius 2 is 1.95 bits per heavy atom. The molecule has 0 aliphatic heterocycles. The quantitative estimate of drug-likeness (QED) is 0.779. The number of aldehydes is 1. The first-order valence-corrected chi connectivity index (χ1v) is 6.54. The maximum absolute atomic E-state index is 10.9. The van der Waals surface area contributed by atoms with Crippen LogP contribution in [0.4, 0.5) is 5.69 Å². The minimum absolute atomic E-state index is 0.666. The first-order valence-electron chi connectivity index (χ1n) is 6.54. The normalized spacial score (nSPS) is 10.2. The van der Waals surface area contributed by atoms with E-state index >= 15 is 0 Å². The summed E-state index contributed by atoms with van der Waals surface area (Å²) < 4.78 is 5.37. The van der Waals surface area contributed by atoms with Crippen LogP contribution in [0.1, 0.15) is 21.5 Å². The van der Waals surface area contributed by atoms with E-state index in [0.29, 0.717) is 12.1 Å². The zero-order valence-corrected chi connectivity index (χ0v) is 12.1.